The first-order valence-corrected chi connectivity index (χ1v) is 6.46. The lowest BCUT2D eigenvalue weighted by Gasteiger charge is -2.10. The predicted molar refractivity (Wildman–Crippen MR) is 68.1 cm³/mol. The number of amides is 1. The molecule has 0 saturated heterocycles. The van der Waals surface area contributed by atoms with Crippen LogP contribution < -0.4 is 5.32 Å². The summed E-state index contributed by atoms with van der Waals surface area (Å²) in [5.41, 5.74) is 0.570. The van der Waals surface area contributed by atoms with Crippen LogP contribution >= 0.6 is 0 Å². The van der Waals surface area contributed by atoms with Crippen molar-refractivity contribution in [3.05, 3.63) is 0 Å². The number of nitriles is 1. The first kappa shape index (κ1) is 14.0. The number of hydrogen-bond acceptors (Lipinski definition) is 2. The summed E-state index contributed by atoms with van der Waals surface area (Å²) < 4.78 is 0. The molecule has 3 nitrogen and oxygen atoms in total. The fraction of sp³-hybridized carbons (Fsp3) is 0.857. The van der Waals surface area contributed by atoms with E-state index < -0.39 is 5.92 Å². The molecule has 0 spiro atoms. The summed E-state index contributed by atoms with van der Waals surface area (Å²) in [5.74, 6) is -0.0715. The zero-order valence-electron chi connectivity index (χ0n) is 11.6. The Bertz CT molecular complexity index is 325. The average molecular weight is 236 g/mol. The maximum absolute atomic E-state index is 11.8. The van der Waals surface area contributed by atoms with Gasteiger partial charge < -0.3 is 5.32 Å². The van der Waals surface area contributed by atoms with Crippen molar-refractivity contribution in [2.24, 2.45) is 22.7 Å². The van der Waals surface area contributed by atoms with Gasteiger partial charge in [-0.05, 0) is 23.2 Å². The van der Waals surface area contributed by atoms with Crippen LogP contribution in [0.15, 0.2) is 0 Å². The number of rotatable bonds is 5. The fourth-order valence-electron chi connectivity index (χ4n) is 2.71. The molecule has 1 rings (SSSR count). The van der Waals surface area contributed by atoms with Gasteiger partial charge >= 0.3 is 0 Å². The molecule has 1 aliphatic carbocycles. The van der Waals surface area contributed by atoms with E-state index in [1.807, 2.05) is 6.92 Å². The molecule has 0 heterocycles. The van der Waals surface area contributed by atoms with Gasteiger partial charge in [0.05, 0.1) is 6.07 Å². The molecule has 3 heteroatoms. The van der Waals surface area contributed by atoms with E-state index in [1.54, 1.807) is 0 Å². The summed E-state index contributed by atoms with van der Waals surface area (Å²) in [5, 5.41) is 11.8. The first-order chi connectivity index (χ1) is 7.79. The van der Waals surface area contributed by atoms with E-state index in [4.69, 9.17) is 5.26 Å². The van der Waals surface area contributed by atoms with Crippen molar-refractivity contribution in [1.29, 1.82) is 5.26 Å². The predicted octanol–water partition coefficient (Wildman–Crippen LogP) is 2.72. The van der Waals surface area contributed by atoms with Gasteiger partial charge in [0.2, 0.25) is 5.91 Å². The lowest BCUT2D eigenvalue weighted by Crippen LogP contribution is -2.32. The second-order valence-electron chi connectivity index (χ2n) is 6.21. The van der Waals surface area contributed by atoms with Gasteiger partial charge in [0.15, 0.2) is 0 Å². The largest absolute Gasteiger partial charge is 0.355 e. The normalized spacial score (nSPS) is 22.6. The molecule has 0 bridgehead atoms. The van der Waals surface area contributed by atoms with Crippen LogP contribution in [0.3, 0.4) is 0 Å². The van der Waals surface area contributed by atoms with E-state index >= 15 is 0 Å². The zero-order valence-corrected chi connectivity index (χ0v) is 11.6. The summed E-state index contributed by atoms with van der Waals surface area (Å²) in [6, 6.07) is 2.08. The quantitative estimate of drug-likeness (QED) is 0.798. The van der Waals surface area contributed by atoms with Crippen LogP contribution in [0.4, 0.5) is 0 Å². The van der Waals surface area contributed by atoms with Crippen LogP contribution in [-0.2, 0) is 4.79 Å². The average Bonchev–Trinajstić information content (AvgIpc) is 2.63. The molecule has 0 aromatic heterocycles. The molecule has 96 valence electrons. The molecule has 17 heavy (non-hydrogen) atoms. The molecule has 0 aromatic carbocycles. The third-order valence-corrected chi connectivity index (χ3v) is 4.85. The van der Waals surface area contributed by atoms with Crippen molar-refractivity contribution in [2.45, 2.75) is 47.5 Å². The Morgan fingerprint density at radius 3 is 2.24 bits per heavy atom. The number of carbonyl (C=O) groups excluding carboxylic acids is 1. The van der Waals surface area contributed by atoms with Crippen LogP contribution in [0.2, 0.25) is 0 Å². The van der Waals surface area contributed by atoms with Crippen LogP contribution in [0, 0.1) is 34.0 Å². The number of nitrogens with one attached hydrogen (secondary N) is 1. The minimum absolute atomic E-state index is 0.104. The Labute approximate surface area is 105 Å². The molecule has 1 atom stereocenters. The monoisotopic (exact) mass is 236 g/mol. The number of carbonyl (C=O) groups is 1. The van der Waals surface area contributed by atoms with E-state index in [-0.39, 0.29) is 16.7 Å². The molecule has 0 radical (unpaired) electrons. The van der Waals surface area contributed by atoms with Gasteiger partial charge in [-0.3, -0.25) is 4.79 Å². The lowest BCUT2D eigenvalue weighted by atomic mass is 10.0. The topological polar surface area (TPSA) is 52.9 Å². The second kappa shape index (κ2) is 4.68. The Hall–Kier alpha value is -1.04. The van der Waals surface area contributed by atoms with E-state index in [1.165, 1.54) is 0 Å². The molecule has 0 aliphatic heterocycles. The van der Waals surface area contributed by atoms with Gasteiger partial charge in [-0.25, -0.2) is 0 Å². The molecule has 1 amide bonds. The fourth-order valence-corrected chi connectivity index (χ4v) is 2.71. The molecule has 0 aromatic rings. The molecule has 1 saturated carbocycles. The maximum Gasteiger partial charge on any atom is 0.237 e. The maximum atomic E-state index is 11.8. The van der Waals surface area contributed by atoms with Crippen LogP contribution in [0.1, 0.15) is 47.5 Å². The van der Waals surface area contributed by atoms with Crippen molar-refractivity contribution >= 4 is 5.91 Å². The van der Waals surface area contributed by atoms with E-state index in [0.29, 0.717) is 18.9 Å². The Kier molecular flexibility index (Phi) is 3.86. The minimum atomic E-state index is -0.482. The Morgan fingerprint density at radius 1 is 1.35 bits per heavy atom. The van der Waals surface area contributed by atoms with E-state index in [2.05, 4.69) is 39.1 Å². The van der Waals surface area contributed by atoms with Gasteiger partial charge in [0.25, 0.3) is 0 Å². The molecule has 1 fully saturated rings. The highest BCUT2D eigenvalue weighted by Gasteiger charge is 2.64. The molecule has 1 N–H and O–H groups in total. The summed E-state index contributed by atoms with van der Waals surface area (Å²) in [6.45, 7) is 11.6. The van der Waals surface area contributed by atoms with Gasteiger partial charge in [-0.1, -0.05) is 41.0 Å². The minimum Gasteiger partial charge on any atom is -0.355 e. The summed E-state index contributed by atoms with van der Waals surface area (Å²) >= 11 is 0. The summed E-state index contributed by atoms with van der Waals surface area (Å²) in [6.07, 6.45) is 1.52. The van der Waals surface area contributed by atoms with Crippen molar-refractivity contribution in [1.82, 2.24) is 5.32 Å². The highest BCUT2D eigenvalue weighted by molar-refractivity contribution is 5.81. The highest BCUT2D eigenvalue weighted by atomic mass is 16.1. The second-order valence-corrected chi connectivity index (χ2v) is 6.21. The third-order valence-electron chi connectivity index (χ3n) is 4.85. The lowest BCUT2D eigenvalue weighted by molar-refractivity contribution is -0.123. The van der Waals surface area contributed by atoms with Gasteiger partial charge in [0, 0.05) is 6.54 Å². The van der Waals surface area contributed by atoms with E-state index in [0.717, 1.165) is 6.42 Å². The van der Waals surface area contributed by atoms with Gasteiger partial charge in [-0.15, -0.1) is 0 Å². The van der Waals surface area contributed by atoms with Crippen LogP contribution in [0.25, 0.3) is 0 Å². The van der Waals surface area contributed by atoms with Gasteiger partial charge in [0.1, 0.15) is 5.92 Å². The van der Waals surface area contributed by atoms with Crippen molar-refractivity contribution in [3.63, 3.8) is 0 Å². The first-order valence-electron chi connectivity index (χ1n) is 6.46. The third kappa shape index (κ3) is 2.46. The molecular weight excluding hydrogens is 212 g/mol. The van der Waals surface area contributed by atoms with Gasteiger partial charge in [-0.2, -0.15) is 5.26 Å². The van der Waals surface area contributed by atoms with E-state index in [9.17, 15) is 4.79 Å². The van der Waals surface area contributed by atoms with Crippen LogP contribution in [-0.4, -0.2) is 12.5 Å². The Morgan fingerprint density at radius 2 is 1.88 bits per heavy atom. The standard InChI is InChI=1S/C14H24N2O/c1-6-7-10(8-15)12(17)16-9-11-13(2,3)14(11,4)5/h10-11H,6-7,9H2,1-5H3,(H,16,17). The summed E-state index contributed by atoms with van der Waals surface area (Å²) in [4.78, 5) is 11.8. The SMILES string of the molecule is CCCC(C#N)C(=O)NCC1C(C)(C)C1(C)C. The molecular formula is C14H24N2O. The smallest absolute Gasteiger partial charge is 0.237 e. The number of nitrogens with zero attached hydrogens (tertiary/aromatic N) is 1. The number of hydrogen-bond donors (Lipinski definition) is 1. The Balaban J connectivity index is 2.43. The molecule has 1 unspecified atom stereocenters. The zero-order chi connectivity index (χ0) is 13.3. The van der Waals surface area contributed by atoms with Crippen molar-refractivity contribution < 1.29 is 4.79 Å². The highest BCUT2D eigenvalue weighted by Crippen LogP contribution is 2.67. The van der Waals surface area contributed by atoms with Crippen molar-refractivity contribution in [3.8, 4) is 6.07 Å². The van der Waals surface area contributed by atoms with Crippen LogP contribution in [0.5, 0.6) is 0 Å². The molecule has 1 aliphatic rings. The van der Waals surface area contributed by atoms with Crippen molar-refractivity contribution in [2.75, 3.05) is 6.54 Å². The summed E-state index contributed by atoms with van der Waals surface area (Å²) in [7, 11) is 0.